The maximum atomic E-state index is 14.4. The summed E-state index contributed by atoms with van der Waals surface area (Å²) in [5, 5.41) is 29.4. The van der Waals surface area contributed by atoms with Crippen molar-refractivity contribution in [3.8, 4) is 22.8 Å². The molecule has 0 radical (unpaired) electrons. The molecule has 456 valence electrons. The highest BCUT2D eigenvalue weighted by Gasteiger charge is 2.65. The molecule has 1 aliphatic carbocycles. The first-order valence-corrected chi connectivity index (χ1v) is 31.6. The maximum Gasteiger partial charge on any atom is 0.255 e. The molecule has 4 aromatic carbocycles. The Morgan fingerprint density at radius 1 is 0.837 bits per heavy atom. The summed E-state index contributed by atoms with van der Waals surface area (Å²) in [6, 6.07) is 29.1. The summed E-state index contributed by atoms with van der Waals surface area (Å²) >= 11 is 1.78. The summed E-state index contributed by atoms with van der Waals surface area (Å²) in [4.78, 5) is 55.3. The molecular weight excluding hydrogens is 1110 g/mol. The normalized spacial score (nSPS) is 24.5. The Morgan fingerprint density at radius 2 is 1.55 bits per heavy atom. The lowest BCUT2D eigenvalue weighted by molar-refractivity contribution is -0.142. The number of aliphatic hydroxyl groups excluding tert-OH is 1. The summed E-state index contributed by atoms with van der Waals surface area (Å²) in [5.41, 5.74) is 13.1. The molecule has 12 rings (SSSR count). The van der Waals surface area contributed by atoms with E-state index in [-0.39, 0.29) is 48.7 Å². The molecular formula is C65H81N12O8S-. The van der Waals surface area contributed by atoms with E-state index in [4.69, 9.17) is 28.9 Å². The number of hydrazine groups is 1. The van der Waals surface area contributed by atoms with Crippen molar-refractivity contribution in [3.05, 3.63) is 148 Å². The summed E-state index contributed by atoms with van der Waals surface area (Å²) < 4.78 is 25.1. The maximum absolute atomic E-state index is 14.4. The molecule has 21 heteroatoms. The van der Waals surface area contributed by atoms with E-state index in [9.17, 15) is 19.9 Å². The standard InChI is InChI=1S/C65H81N12O8S/c1-45(2)60(76-40-50-10-4-5-12-54(50)62(76)79)63(80)75-41-53(78)38-58(75)77(81)68-39-49-14-13-48(59-61-65(59,3)67-44-86-61)37-57(49)85-34-30-74-27-23-72(24-28-74)20-19-71-21-25-73(26-22-71)29-33-84-56-16-15-52-36-51(56)43-83-32-7-6-31-82-42-46-9-8-11-47(35-46)55-17-18-66-64(69-52)70-55/h4-18,35-37,44-45,53,58-61,68,78H,19-34,38-43H2,1-3H3,(H,66,69,70)/q-1/b7-6+/t53-,58-,59?,60+,61?,65?/m1/s1. The first-order chi connectivity index (χ1) is 41.9. The van der Waals surface area contributed by atoms with Crippen LogP contribution in [-0.2, 0) is 40.6 Å². The van der Waals surface area contributed by atoms with Crippen LogP contribution in [0.25, 0.3) is 11.3 Å². The predicted octanol–water partition coefficient (Wildman–Crippen LogP) is 6.59. The van der Waals surface area contributed by atoms with E-state index in [2.05, 4.69) is 78.6 Å². The summed E-state index contributed by atoms with van der Waals surface area (Å²) in [6.07, 6.45) is 4.01. The molecule has 6 bridgehead atoms. The zero-order valence-electron chi connectivity index (χ0n) is 49.7. The van der Waals surface area contributed by atoms with E-state index in [0.29, 0.717) is 68.1 Å². The largest absolute Gasteiger partial charge is 0.770 e. The van der Waals surface area contributed by atoms with Crippen LogP contribution in [-0.4, -0.2) is 208 Å². The zero-order valence-corrected chi connectivity index (χ0v) is 50.5. The number of benzene rings is 4. The van der Waals surface area contributed by atoms with E-state index >= 15 is 0 Å². The quantitative estimate of drug-likeness (QED) is 0.0591. The van der Waals surface area contributed by atoms with Crippen molar-refractivity contribution >= 4 is 40.8 Å². The van der Waals surface area contributed by atoms with Gasteiger partial charge in [-0.25, -0.2) is 9.97 Å². The van der Waals surface area contributed by atoms with Gasteiger partial charge in [0.1, 0.15) is 30.8 Å². The van der Waals surface area contributed by atoms with Gasteiger partial charge in [-0.2, -0.15) is 0 Å². The minimum absolute atomic E-state index is 0.00702. The van der Waals surface area contributed by atoms with Crippen molar-refractivity contribution in [2.45, 2.75) is 88.5 Å². The van der Waals surface area contributed by atoms with E-state index < -0.39 is 18.3 Å². The van der Waals surface area contributed by atoms with Crippen LogP contribution in [0.1, 0.15) is 71.3 Å². The smallest absolute Gasteiger partial charge is 0.255 e. The molecule has 86 heavy (non-hydrogen) atoms. The van der Waals surface area contributed by atoms with Crippen molar-refractivity contribution in [2.75, 3.05) is 117 Å². The molecule has 6 aliphatic heterocycles. The van der Waals surface area contributed by atoms with Crippen LogP contribution in [0.5, 0.6) is 11.5 Å². The number of carbonyl (C=O) groups is 2. The summed E-state index contributed by atoms with van der Waals surface area (Å²) in [7, 11) is 0. The molecule has 1 saturated carbocycles. The van der Waals surface area contributed by atoms with Gasteiger partial charge in [0.15, 0.2) is 0 Å². The van der Waals surface area contributed by atoms with Gasteiger partial charge in [0.05, 0.1) is 55.5 Å². The van der Waals surface area contributed by atoms with Gasteiger partial charge >= 0.3 is 0 Å². The topological polar surface area (TPSA) is 199 Å². The number of hydrogen-bond acceptors (Lipinski definition) is 19. The number of β-amino-alcohol motifs (C(OH)–C–C–N with tert-alkyl or cyclic N) is 1. The molecule has 4 fully saturated rings. The lowest BCUT2D eigenvalue weighted by Gasteiger charge is -2.42. The number of aromatic nitrogens is 2. The summed E-state index contributed by atoms with van der Waals surface area (Å²) in [6.45, 7) is 21.1. The van der Waals surface area contributed by atoms with E-state index in [1.54, 1.807) is 28.9 Å². The lowest BCUT2D eigenvalue weighted by Crippen LogP contribution is -2.57. The van der Waals surface area contributed by atoms with Crippen LogP contribution in [0.2, 0.25) is 0 Å². The molecule has 3 unspecified atom stereocenters. The number of anilines is 2. The van der Waals surface area contributed by atoms with Crippen molar-refractivity contribution in [1.82, 2.24) is 50.0 Å². The second-order valence-corrected chi connectivity index (χ2v) is 25.1. The average molecular weight is 1190 g/mol. The fourth-order valence-corrected chi connectivity index (χ4v) is 14.4. The van der Waals surface area contributed by atoms with Gasteiger partial charge in [-0.15, -0.1) is 11.8 Å². The van der Waals surface area contributed by atoms with Gasteiger partial charge in [-0.05, 0) is 72.0 Å². The highest BCUT2D eigenvalue weighted by atomic mass is 32.2. The summed E-state index contributed by atoms with van der Waals surface area (Å²) in [5.74, 6) is 1.57. The van der Waals surface area contributed by atoms with Crippen LogP contribution in [0.4, 0.5) is 11.6 Å². The van der Waals surface area contributed by atoms with Gasteiger partial charge < -0.3 is 44.4 Å². The number of hydrogen-bond donors (Lipinski definition) is 3. The number of aliphatic hydroxyl groups is 1. The molecule has 0 spiro atoms. The molecule has 7 heterocycles. The Morgan fingerprint density at radius 3 is 2.26 bits per heavy atom. The fourth-order valence-electron chi connectivity index (χ4n) is 13.0. The Hall–Kier alpha value is -6.34. The van der Waals surface area contributed by atoms with Gasteiger partial charge in [-0.1, -0.05) is 74.5 Å². The highest BCUT2D eigenvalue weighted by Crippen LogP contribution is 2.63. The molecule has 3 N–H and O–H groups in total. The van der Waals surface area contributed by atoms with Gasteiger partial charge in [0, 0.05) is 150 Å². The number of nitrogens with one attached hydrogen (secondary N) is 2. The van der Waals surface area contributed by atoms with Gasteiger partial charge in [0.25, 0.3) is 5.91 Å². The van der Waals surface area contributed by atoms with Crippen LogP contribution >= 0.6 is 11.8 Å². The van der Waals surface area contributed by atoms with Crippen LogP contribution in [0.15, 0.2) is 114 Å². The van der Waals surface area contributed by atoms with Crippen LogP contribution in [0, 0.1) is 11.1 Å². The van der Waals surface area contributed by atoms with Crippen LogP contribution < -0.4 is 20.2 Å². The third-order valence-electron chi connectivity index (χ3n) is 18.0. The lowest BCUT2D eigenvalue weighted by atomic mass is 10.0. The molecule has 3 saturated heterocycles. The van der Waals surface area contributed by atoms with E-state index in [0.717, 1.165) is 129 Å². The van der Waals surface area contributed by atoms with Crippen molar-refractivity contribution in [3.63, 3.8) is 0 Å². The third-order valence-corrected chi connectivity index (χ3v) is 19.3. The molecule has 5 aromatic rings. The average Bonchev–Trinajstić information content (AvgIpc) is 1.62. The van der Waals surface area contributed by atoms with Crippen molar-refractivity contribution < 1.29 is 33.6 Å². The number of thioether (sulfide) groups is 1. The van der Waals surface area contributed by atoms with Crippen molar-refractivity contribution in [1.29, 1.82) is 0 Å². The highest BCUT2D eigenvalue weighted by molar-refractivity contribution is 8.13. The number of rotatable bonds is 19. The van der Waals surface area contributed by atoms with Gasteiger partial charge in [0.2, 0.25) is 11.9 Å². The number of aliphatic imine (C=N–C) groups is 1. The van der Waals surface area contributed by atoms with E-state index in [1.165, 1.54) is 10.5 Å². The predicted molar refractivity (Wildman–Crippen MR) is 333 cm³/mol. The fraction of sp³-hybridized carbons (Fsp3) is 0.492. The third kappa shape index (κ3) is 14.0. The molecule has 6 atom stereocenters. The first kappa shape index (κ1) is 60.0. The Labute approximate surface area is 509 Å². The van der Waals surface area contributed by atoms with Crippen molar-refractivity contribution in [2.24, 2.45) is 10.9 Å². The van der Waals surface area contributed by atoms with Gasteiger partial charge in [-0.3, -0.25) is 44.8 Å². The first-order valence-electron chi connectivity index (χ1n) is 30.6. The molecule has 20 nitrogen and oxygen atoms in total. The molecule has 2 amide bonds. The monoisotopic (exact) mass is 1190 g/mol. The number of likely N-dealkylation sites (tertiary alicyclic amines) is 1. The number of ether oxygens (including phenoxy) is 4. The number of carbonyl (C=O) groups excluding carboxylic acids is 2. The number of amides is 2. The SMILES string of the molecule is CC(C)[C@@H](C(=O)N1C[C@H](O)C[C@H]1N([O-])NCc1ccc(C2C3SC=NC32C)cc1OCCN1CCN(CCN2CCN(CCOc3ccc4cc3COC/C=C/COCc3cccc(c3)-c3ccnc(n3)N4)CC2)CC1)N1Cc2ccccc2C1=O. The Kier molecular flexibility index (Phi) is 19.1. The second-order valence-electron chi connectivity index (χ2n) is 24.1. The van der Waals surface area contributed by atoms with Crippen LogP contribution in [0.3, 0.4) is 0 Å². The minimum atomic E-state index is -0.960. The van der Waals surface area contributed by atoms with E-state index in [1.807, 2.05) is 80.1 Å². The second kappa shape index (κ2) is 27.4. The molecule has 1 aromatic heterocycles. The Bertz CT molecular complexity index is 3230. The molecule has 7 aliphatic rings. The number of hydroxylamine groups is 1. The minimum Gasteiger partial charge on any atom is -0.770 e. The number of nitrogens with zero attached hydrogens (tertiary/aromatic N) is 10. The Balaban J connectivity index is 0.584. The number of fused-ring (bicyclic) bond motifs is 9. The number of piperazine rings is 2. The zero-order chi connectivity index (χ0) is 59.2.